The van der Waals surface area contributed by atoms with Gasteiger partial charge in [0.15, 0.2) is 0 Å². The molecule has 0 spiro atoms. The van der Waals surface area contributed by atoms with Crippen molar-refractivity contribution in [3.8, 4) is 0 Å². The van der Waals surface area contributed by atoms with E-state index in [0.29, 0.717) is 0 Å². The maximum Gasteiger partial charge on any atom is 0.241 e. The lowest BCUT2D eigenvalue weighted by Gasteiger charge is -2.15. The van der Waals surface area contributed by atoms with Crippen LogP contribution >= 0.6 is 22.6 Å². The first kappa shape index (κ1) is 12.4. The van der Waals surface area contributed by atoms with Crippen LogP contribution in [-0.4, -0.2) is 11.9 Å². The normalized spacial score (nSPS) is 12.6. The van der Waals surface area contributed by atoms with E-state index < -0.39 is 6.04 Å². The fourth-order valence-electron chi connectivity index (χ4n) is 1.08. The van der Waals surface area contributed by atoms with Crippen molar-refractivity contribution in [2.24, 2.45) is 11.7 Å². The largest absolute Gasteiger partial charge is 0.324 e. The third-order valence-corrected chi connectivity index (χ3v) is 3.09. The van der Waals surface area contributed by atoms with Crippen LogP contribution in [0.15, 0.2) is 24.3 Å². The van der Waals surface area contributed by atoms with Gasteiger partial charge in [0.1, 0.15) is 0 Å². The van der Waals surface area contributed by atoms with E-state index in [4.69, 9.17) is 5.73 Å². The van der Waals surface area contributed by atoms with E-state index in [1.807, 2.05) is 38.1 Å². The van der Waals surface area contributed by atoms with Crippen molar-refractivity contribution in [1.29, 1.82) is 0 Å². The molecule has 0 radical (unpaired) electrons. The second-order valence-electron chi connectivity index (χ2n) is 3.74. The summed E-state index contributed by atoms with van der Waals surface area (Å²) in [6.07, 6.45) is 0. The highest BCUT2D eigenvalue weighted by molar-refractivity contribution is 14.1. The zero-order chi connectivity index (χ0) is 11.4. The number of halogens is 1. The van der Waals surface area contributed by atoms with Crippen molar-refractivity contribution in [3.05, 3.63) is 27.8 Å². The molecule has 15 heavy (non-hydrogen) atoms. The predicted molar refractivity (Wildman–Crippen MR) is 70.6 cm³/mol. The average molecular weight is 318 g/mol. The number of anilines is 1. The molecular formula is C11H15IN2O. The van der Waals surface area contributed by atoms with Crippen molar-refractivity contribution in [2.75, 3.05) is 5.32 Å². The van der Waals surface area contributed by atoms with E-state index in [0.717, 1.165) is 9.26 Å². The first-order valence-electron chi connectivity index (χ1n) is 4.83. The highest BCUT2D eigenvalue weighted by atomic mass is 127. The first-order chi connectivity index (χ1) is 7.02. The lowest BCUT2D eigenvalue weighted by Crippen LogP contribution is -2.39. The highest BCUT2D eigenvalue weighted by Gasteiger charge is 2.17. The molecule has 3 nitrogen and oxygen atoms in total. The Morgan fingerprint density at radius 1 is 1.40 bits per heavy atom. The Hall–Kier alpha value is -0.620. The van der Waals surface area contributed by atoms with Crippen molar-refractivity contribution in [1.82, 2.24) is 0 Å². The van der Waals surface area contributed by atoms with Crippen molar-refractivity contribution in [3.63, 3.8) is 0 Å². The quantitative estimate of drug-likeness (QED) is 0.840. The Balaban J connectivity index is 2.71. The lowest BCUT2D eigenvalue weighted by atomic mass is 10.1. The Morgan fingerprint density at radius 3 is 2.53 bits per heavy atom. The summed E-state index contributed by atoms with van der Waals surface area (Å²) in [5, 5.41) is 2.82. The number of rotatable bonds is 3. The van der Waals surface area contributed by atoms with Gasteiger partial charge in [0.2, 0.25) is 5.91 Å². The molecule has 0 aliphatic heterocycles. The summed E-state index contributed by atoms with van der Waals surface area (Å²) in [5.41, 5.74) is 6.56. The summed E-state index contributed by atoms with van der Waals surface area (Å²) in [5.74, 6) is 0.0143. The maximum atomic E-state index is 11.7. The molecule has 0 fully saturated rings. The molecule has 0 heterocycles. The maximum absolute atomic E-state index is 11.7. The fourth-order valence-corrected chi connectivity index (χ4v) is 1.60. The van der Waals surface area contributed by atoms with Crippen LogP contribution in [0.3, 0.4) is 0 Å². The minimum absolute atomic E-state index is 0.130. The third kappa shape index (κ3) is 3.46. The second kappa shape index (κ2) is 5.46. The molecule has 0 bridgehead atoms. The van der Waals surface area contributed by atoms with Crippen molar-refractivity contribution in [2.45, 2.75) is 19.9 Å². The van der Waals surface area contributed by atoms with E-state index in [2.05, 4.69) is 27.9 Å². The van der Waals surface area contributed by atoms with Crippen molar-refractivity contribution >= 4 is 34.2 Å². The molecule has 1 amide bonds. The molecule has 82 valence electrons. The highest BCUT2D eigenvalue weighted by Crippen LogP contribution is 2.17. The molecule has 0 aromatic heterocycles. The fraction of sp³-hybridized carbons (Fsp3) is 0.364. The number of carbonyl (C=O) groups is 1. The monoisotopic (exact) mass is 318 g/mol. The lowest BCUT2D eigenvalue weighted by molar-refractivity contribution is -0.118. The van der Waals surface area contributed by atoms with Gasteiger partial charge in [-0.2, -0.15) is 0 Å². The summed E-state index contributed by atoms with van der Waals surface area (Å²) < 4.78 is 1.01. The number of nitrogens with two attached hydrogens (primary N) is 1. The van der Waals surface area contributed by atoms with Gasteiger partial charge in [0.05, 0.1) is 11.7 Å². The van der Waals surface area contributed by atoms with Gasteiger partial charge in [-0.05, 0) is 40.6 Å². The number of nitrogens with one attached hydrogen (secondary N) is 1. The van der Waals surface area contributed by atoms with Crippen LogP contribution in [0.4, 0.5) is 5.69 Å². The zero-order valence-electron chi connectivity index (χ0n) is 8.83. The van der Waals surface area contributed by atoms with Gasteiger partial charge in [-0.1, -0.05) is 26.0 Å². The Labute approximate surface area is 104 Å². The Bertz CT molecular complexity index is 352. The molecular weight excluding hydrogens is 303 g/mol. The molecule has 1 aromatic rings. The zero-order valence-corrected chi connectivity index (χ0v) is 11.0. The van der Waals surface area contributed by atoms with Gasteiger partial charge in [-0.3, -0.25) is 4.79 Å². The van der Waals surface area contributed by atoms with E-state index in [9.17, 15) is 4.79 Å². The summed E-state index contributed by atoms with van der Waals surface area (Å²) >= 11 is 2.18. The standard InChI is InChI=1S/C11H15IN2O/c1-7(2)10(13)11(15)14-9-6-4-3-5-8(9)12/h3-7,10H,13H2,1-2H3,(H,14,15). The summed E-state index contributed by atoms with van der Waals surface area (Å²) in [6.45, 7) is 3.86. The number of para-hydroxylation sites is 1. The molecule has 0 saturated carbocycles. The van der Waals surface area contributed by atoms with Crippen LogP contribution in [0.1, 0.15) is 13.8 Å². The number of benzene rings is 1. The van der Waals surface area contributed by atoms with E-state index >= 15 is 0 Å². The van der Waals surface area contributed by atoms with Crippen LogP contribution in [-0.2, 0) is 4.79 Å². The molecule has 1 aromatic carbocycles. The van der Waals surface area contributed by atoms with Gasteiger partial charge >= 0.3 is 0 Å². The van der Waals surface area contributed by atoms with Gasteiger partial charge in [0.25, 0.3) is 0 Å². The molecule has 0 saturated heterocycles. The number of amides is 1. The van der Waals surface area contributed by atoms with Crippen molar-refractivity contribution < 1.29 is 4.79 Å². The second-order valence-corrected chi connectivity index (χ2v) is 4.90. The minimum Gasteiger partial charge on any atom is -0.324 e. The van der Waals surface area contributed by atoms with Gasteiger partial charge in [0, 0.05) is 3.57 Å². The number of hydrogen-bond acceptors (Lipinski definition) is 2. The van der Waals surface area contributed by atoms with Crippen LogP contribution in [0.5, 0.6) is 0 Å². The molecule has 1 unspecified atom stereocenters. The SMILES string of the molecule is CC(C)C(N)C(=O)Nc1ccccc1I. The minimum atomic E-state index is -0.457. The van der Waals surface area contributed by atoms with Crippen LogP contribution in [0, 0.1) is 9.49 Å². The van der Waals surface area contributed by atoms with Crippen LogP contribution in [0.25, 0.3) is 0 Å². The van der Waals surface area contributed by atoms with E-state index in [1.54, 1.807) is 0 Å². The Kier molecular flexibility index (Phi) is 4.53. The van der Waals surface area contributed by atoms with Crippen LogP contribution in [0.2, 0.25) is 0 Å². The van der Waals surface area contributed by atoms with Gasteiger partial charge in [-0.25, -0.2) is 0 Å². The van der Waals surface area contributed by atoms with Gasteiger partial charge < -0.3 is 11.1 Å². The van der Waals surface area contributed by atoms with E-state index in [-0.39, 0.29) is 11.8 Å². The molecule has 0 aliphatic rings. The molecule has 1 atom stereocenters. The molecule has 4 heteroatoms. The molecule has 0 aliphatic carbocycles. The topological polar surface area (TPSA) is 55.1 Å². The first-order valence-corrected chi connectivity index (χ1v) is 5.91. The predicted octanol–water partition coefficient (Wildman–Crippen LogP) is 2.21. The van der Waals surface area contributed by atoms with E-state index in [1.165, 1.54) is 0 Å². The number of hydrogen-bond donors (Lipinski definition) is 2. The molecule has 1 rings (SSSR count). The average Bonchev–Trinajstić information content (AvgIpc) is 2.20. The summed E-state index contributed by atoms with van der Waals surface area (Å²) in [6, 6.07) is 7.17. The number of carbonyl (C=O) groups excluding carboxylic acids is 1. The summed E-state index contributed by atoms with van der Waals surface area (Å²) in [7, 11) is 0. The Morgan fingerprint density at radius 2 is 2.00 bits per heavy atom. The third-order valence-electron chi connectivity index (χ3n) is 2.15. The molecule has 3 N–H and O–H groups in total. The smallest absolute Gasteiger partial charge is 0.241 e. The summed E-state index contributed by atoms with van der Waals surface area (Å²) in [4.78, 5) is 11.7. The van der Waals surface area contributed by atoms with Gasteiger partial charge in [-0.15, -0.1) is 0 Å². The van der Waals surface area contributed by atoms with Crippen LogP contribution < -0.4 is 11.1 Å².